The molecule has 24 heavy (non-hydrogen) atoms. The fourth-order valence-corrected chi connectivity index (χ4v) is 2.54. The zero-order chi connectivity index (χ0) is 17.4. The van der Waals surface area contributed by atoms with Crippen LogP contribution in [0.15, 0.2) is 54.6 Å². The highest BCUT2D eigenvalue weighted by molar-refractivity contribution is 5.76. The molecule has 3 heteroatoms. The van der Waals surface area contributed by atoms with Crippen LogP contribution in [0.1, 0.15) is 49.8 Å². The minimum Gasteiger partial charge on any atom is -0.374 e. The second kappa shape index (κ2) is 9.24. The first kappa shape index (κ1) is 18.2. The normalized spacial score (nSPS) is 12.2. The molecule has 3 nitrogen and oxygen atoms in total. The second-order valence-corrected chi connectivity index (χ2v) is 6.47. The van der Waals surface area contributed by atoms with Gasteiger partial charge in [-0.2, -0.15) is 0 Å². The van der Waals surface area contributed by atoms with E-state index in [2.05, 4.69) is 30.4 Å². The first-order chi connectivity index (χ1) is 11.5. The molecule has 1 amide bonds. The molecule has 128 valence electrons. The molecule has 1 atom stereocenters. The topological polar surface area (TPSA) is 38.3 Å². The van der Waals surface area contributed by atoms with Gasteiger partial charge >= 0.3 is 0 Å². The highest BCUT2D eigenvalue weighted by Crippen LogP contribution is 2.18. The maximum Gasteiger partial charge on any atom is 0.220 e. The number of carbonyl (C=O) groups excluding carboxylic acids is 1. The number of amides is 1. The number of ether oxygens (including phenoxy) is 1. The lowest BCUT2D eigenvalue weighted by atomic mass is 9.97. The molecule has 0 radical (unpaired) electrons. The first-order valence-electron chi connectivity index (χ1n) is 8.55. The zero-order valence-corrected chi connectivity index (χ0v) is 14.8. The van der Waals surface area contributed by atoms with Gasteiger partial charge in [0.25, 0.3) is 0 Å². The average Bonchev–Trinajstić information content (AvgIpc) is 2.59. The van der Waals surface area contributed by atoms with Crippen LogP contribution < -0.4 is 5.32 Å². The van der Waals surface area contributed by atoms with Crippen molar-refractivity contribution in [2.75, 3.05) is 0 Å². The average molecular weight is 325 g/mol. The molecular weight excluding hydrogens is 298 g/mol. The van der Waals surface area contributed by atoms with Crippen LogP contribution in [0.25, 0.3) is 0 Å². The van der Waals surface area contributed by atoms with Crippen molar-refractivity contribution in [3.63, 3.8) is 0 Å². The zero-order valence-electron chi connectivity index (χ0n) is 14.8. The Morgan fingerprint density at radius 3 is 2.42 bits per heavy atom. The van der Waals surface area contributed by atoms with E-state index in [9.17, 15) is 4.79 Å². The molecule has 0 aliphatic carbocycles. The summed E-state index contributed by atoms with van der Waals surface area (Å²) < 4.78 is 5.62. The fourth-order valence-electron chi connectivity index (χ4n) is 2.54. The van der Waals surface area contributed by atoms with Crippen LogP contribution in [0.4, 0.5) is 0 Å². The van der Waals surface area contributed by atoms with Crippen molar-refractivity contribution in [2.24, 2.45) is 0 Å². The summed E-state index contributed by atoms with van der Waals surface area (Å²) in [7, 11) is 0. The van der Waals surface area contributed by atoms with E-state index in [1.807, 2.05) is 50.2 Å². The minimum absolute atomic E-state index is 0.0789. The molecule has 0 bridgehead atoms. The maximum atomic E-state index is 12.2. The Balaban J connectivity index is 1.82. The van der Waals surface area contributed by atoms with Crippen LogP contribution in [-0.2, 0) is 22.7 Å². The summed E-state index contributed by atoms with van der Waals surface area (Å²) in [4.78, 5) is 12.2. The molecule has 0 saturated heterocycles. The summed E-state index contributed by atoms with van der Waals surface area (Å²) in [5.41, 5.74) is 3.43. The van der Waals surface area contributed by atoms with Gasteiger partial charge in [-0.1, -0.05) is 61.5 Å². The van der Waals surface area contributed by atoms with Crippen molar-refractivity contribution >= 4 is 5.91 Å². The number of hydrogen-bond acceptors (Lipinski definition) is 2. The maximum absolute atomic E-state index is 12.2. The van der Waals surface area contributed by atoms with Crippen molar-refractivity contribution in [1.29, 1.82) is 0 Å². The third-order valence-electron chi connectivity index (χ3n) is 3.92. The molecule has 2 aromatic carbocycles. The van der Waals surface area contributed by atoms with E-state index in [1.54, 1.807) is 0 Å². The second-order valence-electron chi connectivity index (χ2n) is 6.47. The van der Waals surface area contributed by atoms with Crippen LogP contribution in [-0.4, -0.2) is 12.0 Å². The molecule has 0 spiro atoms. The van der Waals surface area contributed by atoms with Crippen LogP contribution in [0.2, 0.25) is 0 Å². The van der Waals surface area contributed by atoms with Gasteiger partial charge in [0.2, 0.25) is 5.91 Å². The van der Waals surface area contributed by atoms with Gasteiger partial charge in [0.05, 0.1) is 12.7 Å². The Kier molecular flexibility index (Phi) is 7.01. The van der Waals surface area contributed by atoms with E-state index >= 15 is 0 Å². The molecule has 2 rings (SSSR count). The van der Waals surface area contributed by atoms with E-state index < -0.39 is 0 Å². The molecule has 0 aromatic heterocycles. The van der Waals surface area contributed by atoms with Gasteiger partial charge in [-0.3, -0.25) is 4.79 Å². The quantitative estimate of drug-likeness (QED) is 0.780. The number of hydrogen-bond donors (Lipinski definition) is 1. The summed E-state index contributed by atoms with van der Waals surface area (Å²) in [6, 6.07) is 18.3. The van der Waals surface area contributed by atoms with Crippen LogP contribution >= 0.6 is 0 Å². The monoisotopic (exact) mass is 325 g/mol. The molecule has 0 fully saturated rings. The van der Waals surface area contributed by atoms with E-state index in [0.717, 1.165) is 11.1 Å². The summed E-state index contributed by atoms with van der Waals surface area (Å²) in [5, 5.41) is 3.01. The van der Waals surface area contributed by atoms with Gasteiger partial charge in [0.15, 0.2) is 0 Å². The lowest BCUT2D eigenvalue weighted by Crippen LogP contribution is -2.24. The molecule has 0 aliphatic rings. The van der Waals surface area contributed by atoms with E-state index in [-0.39, 0.29) is 17.9 Å². The molecule has 0 unspecified atom stereocenters. The third-order valence-corrected chi connectivity index (χ3v) is 3.92. The summed E-state index contributed by atoms with van der Waals surface area (Å²) in [5.74, 6) is 0.298. The van der Waals surface area contributed by atoms with Gasteiger partial charge in [-0.15, -0.1) is 0 Å². The minimum atomic E-state index is 0.0789. The molecule has 0 heterocycles. The van der Waals surface area contributed by atoms with E-state index in [1.165, 1.54) is 5.56 Å². The third kappa shape index (κ3) is 6.17. The van der Waals surface area contributed by atoms with Gasteiger partial charge in [-0.25, -0.2) is 0 Å². The Morgan fingerprint density at radius 2 is 1.71 bits per heavy atom. The van der Waals surface area contributed by atoms with Gasteiger partial charge in [-0.05, 0) is 36.5 Å². The lowest BCUT2D eigenvalue weighted by Gasteiger charge is -2.13. The SMILES string of the molecule is CC(C)OCc1cccc(CNC(=O)C[C@H](C)c2ccccc2)c1. The predicted molar refractivity (Wildman–Crippen MR) is 97.7 cm³/mol. The van der Waals surface area contributed by atoms with Crippen molar-refractivity contribution in [2.45, 2.75) is 52.4 Å². The first-order valence-corrected chi connectivity index (χ1v) is 8.55. The fraction of sp³-hybridized carbons (Fsp3) is 0.381. The summed E-state index contributed by atoms with van der Waals surface area (Å²) in [6.07, 6.45) is 0.716. The number of rotatable bonds is 8. The van der Waals surface area contributed by atoms with E-state index in [4.69, 9.17) is 4.74 Å². The highest BCUT2D eigenvalue weighted by atomic mass is 16.5. The van der Waals surface area contributed by atoms with Crippen LogP contribution in [0, 0.1) is 0 Å². The molecule has 0 saturated carbocycles. The lowest BCUT2D eigenvalue weighted by molar-refractivity contribution is -0.121. The predicted octanol–water partition coefficient (Wildman–Crippen LogP) is 4.42. The molecule has 2 aromatic rings. The number of benzene rings is 2. The van der Waals surface area contributed by atoms with Crippen molar-refractivity contribution in [3.8, 4) is 0 Å². The number of carbonyl (C=O) groups is 1. The van der Waals surface area contributed by atoms with E-state index in [0.29, 0.717) is 19.6 Å². The van der Waals surface area contributed by atoms with Crippen LogP contribution in [0.5, 0.6) is 0 Å². The Morgan fingerprint density at radius 1 is 1.00 bits per heavy atom. The Bertz CT molecular complexity index is 637. The van der Waals surface area contributed by atoms with Gasteiger partial charge in [0, 0.05) is 13.0 Å². The molecule has 1 N–H and O–H groups in total. The Labute approximate surface area is 145 Å². The Hall–Kier alpha value is -2.13. The molecule has 0 aliphatic heterocycles. The number of nitrogens with one attached hydrogen (secondary N) is 1. The van der Waals surface area contributed by atoms with Gasteiger partial charge in [0.1, 0.15) is 0 Å². The van der Waals surface area contributed by atoms with Crippen molar-refractivity contribution in [1.82, 2.24) is 5.32 Å². The van der Waals surface area contributed by atoms with Gasteiger partial charge < -0.3 is 10.1 Å². The standard InChI is InChI=1S/C21H27NO2/c1-16(2)24-15-19-9-7-8-18(13-19)14-22-21(23)12-17(3)20-10-5-4-6-11-20/h4-11,13,16-17H,12,14-15H2,1-3H3,(H,22,23)/t17-/m0/s1. The smallest absolute Gasteiger partial charge is 0.220 e. The summed E-state index contributed by atoms with van der Waals surface area (Å²) >= 11 is 0. The highest BCUT2D eigenvalue weighted by Gasteiger charge is 2.10. The molecular formula is C21H27NO2. The van der Waals surface area contributed by atoms with Crippen molar-refractivity contribution in [3.05, 3.63) is 71.3 Å². The summed E-state index contributed by atoms with van der Waals surface area (Å²) in [6.45, 7) is 7.29. The largest absolute Gasteiger partial charge is 0.374 e. The van der Waals surface area contributed by atoms with Crippen molar-refractivity contribution < 1.29 is 9.53 Å². The van der Waals surface area contributed by atoms with Crippen LogP contribution in [0.3, 0.4) is 0 Å².